The molecule has 3 atom stereocenters. The summed E-state index contributed by atoms with van der Waals surface area (Å²) in [6, 6.07) is -1.21. The summed E-state index contributed by atoms with van der Waals surface area (Å²) in [6.45, 7) is 5.64. The Morgan fingerprint density at radius 2 is 2.33 bits per heavy atom. The summed E-state index contributed by atoms with van der Waals surface area (Å²) < 4.78 is 5.19. The Morgan fingerprint density at radius 1 is 1.62 bits per heavy atom. The molecule has 0 radical (unpaired) electrons. The third-order valence-electron chi connectivity index (χ3n) is 3.61. The van der Waals surface area contributed by atoms with Crippen LogP contribution < -0.4 is 10.6 Å². The number of amides is 2. The number of hydrogen-bond donors (Lipinski definition) is 3. The van der Waals surface area contributed by atoms with Gasteiger partial charge in [0.1, 0.15) is 10.4 Å². The fourth-order valence-corrected chi connectivity index (χ4v) is 2.89. The third kappa shape index (κ3) is 3.33. The maximum absolute atomic E-state index is 12.0. The summed E-state index contributed by atoms with van der Waals surface area (Å²) in [5, 5.41) is 15.5. The minimum atomic E-state index is -1.10. The van der Waals surface area contributed by atoms with Gasteiger partial charge in [-0.15, -0.1) is 11.3 Å². The van der Waals surface area contributed by atoms with Crippen molar-refractivity contribution in [2.45, 2.75) is 32.9 Å². The molecule has 3 N–H and O–H groups in total. The first-order valence-electron chi connectivity index (χ1n) is 6.63. The van der Waals surface area contributed by atoms with Crippen molar-refractivity contribution in [1.82, 2.24) is 15.6 Å². The lowest BCUT2D eigenvalue weighted by Crippen LogP contribution is -2.52. The van der Waals surface area contributed by atoms with E-state index in [4.69, 9.17) is 4.74 Å². The van der Waals surface area contributed by atoms with Crippen LogP contribution in [-0.4, -0.2) is 41.3 Å². The zero-order valence-electron chi connectivity index (χ0n) is 12.2. The lowest BCUT2D eigenvalue weighted by molar-refractivity contribution is -0.148. The molecule has 1 aromatic heterocycles. The summed E-state index contributed by atoms with van der Waals surface area (Å²) in [5.41, 5.74) is -1.10. The lowest BCUT2D eigenvalue weighted by atomic mass is 9.85. The summed E-state index contributed by atoms with van der Waals surface area (Å²) in [6.07, 6.45) is 1.75. The molecule has 0 saturated carbocycles. The number of aliphatic carboxylic acids is 1. The normalized spacial score (nSPS) is 26.3. The third-order valence-corrected chi connectivity index (χ3v) is 4.70. The van der Waals surface area contributed by atoms with Gasteiger partial charge in [0, 0.05) is 11.1 Å². The molecule has 0 aromatic carbocycles. The average Bonchev–Trinajstić information content (AvgIpc) is 2.97. The molecule has 1 saturated heterocycles. The molecule has 1 aliphatic heterocycles. The van der Waals surface area contributed by atoms with Crippen molar-refractivity contribution in [3.8, 4) is 0 Å². The highest BCUT2D eigenvalue weighted by Crippen LogP contribution is 2.28. The largest absolute Gasteiger partial charge is 0.481 e. The Hall–Kier alpha value is -1.67. The molecule has 21 heavy (non-hydrogen) atoms. The molecule has 0 bridgehead atoms. The van der Waals surface area contributed by atoms with E-state index in [1.54, 1.807) is 13.1 Å². The van der Waals surface area contributed by atoms with Gasteiger partial charge in [0.25, 0.3) is 0 Å². The van der Waals surface area contributed by atoms with Crippen LogP contribution in [0.15, 0.2) is 6.20 Å². The van der Waals surface area contributed by atoms with Gasteiger partial charge < -0.3 is 20.5 Å². The van der Waals surface area contributed by atoms with Crippen LogP contribution in [-0.2, 0) is 9.53 Å². The summed E-state index contributed by atoms with van der Waals surface area (Å²) in [4.78, 5) is 28.6. The van der Waals surface area contributed by atoms with Crippen LogP contribution in [0.5, 0.6) is 0 Å². The topological polar surface area (TPSA) is 101 Å². The Labute approximate surface area is 126 Å². The maximum atomic E-state index is 12.0. The van der Waals surface area contributed by atoms with E-state index in [1.165, 1.54) is 11.3 Å². The molecule has 1 aliphatic rings. The summed E-state index contributed by atoms with van der Waals surface area (Å²) >= 11 is 1.51. The van der Waals surface area contributed by atoms with E-state index in [0.717, 1.165) is 9.88 Å². The number of ether oxygens (including phenoxy) is 1. The predicted molar refractivity (Wildman–Crippen MR) is 77.3 cm³/mol. The van der Waals surface area contributed by atoms with E-state index in [2.05, 4.69) is 15.6 Å². The highest BCUT2D eigenvalue weighted by Gasteiger charge is 2.47. The van der Waals surface area contributed by atoms with Gasteiger partial charge in [0.05, 0.1) is 25.3 Å². The second-order valence-electron chi connectivity index (χ2n) is 5.44. The standard InChI is InChI=1S/C13H19N3O4S/c1-7-4-14-10(21-7)8(2)15-12(19)16-9-5-20-6-13(9,3)11(17)18/h4,8-9H,5-6H2,1-3H3,(H,17,18)(H2,15,16,19). The van der Waals surface area contributed by atoms with Crippen molar-refractivity contribution in [1.29, 1.82) is 0 Å². The second kappa shape index (κ2) is 5.98. The average molecular weight is 313 g/mol. The summed E-state index contributed by atoms with van der Waals surface area (Å²) in [7, 11) is 0. The van der Waals surface area contributed by atoms with E-state index in [0.29, 0.717) is 0 Å². The van der Waals surface area contributed by atoms with Gasteiger partial charge in [-0.05, 0) is 20.8 Å². The van der Waals surface area contributed by atoms with Crippen LogP contribution in [0.3, 0.4) is 0 Å². The first-order valence-corrected chi connectivity index (χ1v) is 7.45. The molecular weight excluding hydrogens is 294 g/mol. The molecule has 0 aliphatic carbocycles. The molecule has 2 heterocycles. The zero-order chi connectivity index (χ0) is 15.6. The van der Waals surface area contributed by atoms with E-state index < -0.39 is 23.5 Å². The molecule has 116 valence electrons. The van der Waals surface area contributed by atoms with Gasteiger partial charge in [-0.1, -0.05) is 0 Å². The quantitative estimate of drug-likeness (QED) is 0.778. The van der Waals surface area contributed by atoms with Crippen molar-refractivity contribution in [2.24, 2.45) is 5.41 Å². The Balaban J connectivity index is 1.94. The highest BCUT2D eigenvalue weighted by molar-refractivity contribution is 7.11. The van der Waals surface area contributed by atoms with Gasteiger partial charge in [0.2, 0.25) is 0 Å². The van der Waals surface area contributed by atoms with E-state index >= 15 is 0 Å². The molecule has 1 fully saturated rings. The predicted octanol–water partition coefficient (Wildman–Crippen LogP) is 1.30. The first kappa shape index (κ1) is 15.7. The SMILES string of the molecule is Cc1cnc(C(C)NC(=O)NC2COCC2(C)C(=O)O)s1. The number of nitrogens with zero attached hydrogens (tertiary/aromatic N) is 1. The molecule has 3 unspecified atom stereocenters. The van der Waals surface area contributed by atoms with Gasteiger partial charge in [-0.3, -0.25) is 4.79 Å². The molecule has 1 aromatic rings. The number of nitrogens with one attached hydrogen (secondary N) is 2. The number of hydrogen-bond acceptors (Lipinski definition) is 5. The second-order valence-corrected chi connectivity index (χ2v) is 6.71. The zero-order valence-corrected chi connectivity index (χ0v) is 13.0. The fraction of sp³-hybridized carbons (Fsp3) is 0.615. The number of carbonyl (C=O) groups is 2. The maximum Gasteiger partial charge on any atom is 0.315 e. The van der Waals surface area contributed by atoms with Gasteiger partial charge in [-0.2, -0.15) is 0 Å². The van der Waals surface area contributed by atoms with Crippen LogP contribution in [0.1, 0.15) is 29.8 Å². The van der Waals surface area contributed by atoms with Crippen LogP contribution in [0.4, 0.5) is 4.79 Å². The Bertz CT molecular complexity index is 547. The number of carboxylic acids is 1. The fourth-order valence-electron chi connectivity index (χ4n) is 2.12. The number of rotatable bonds is 4. The molecule has 7 nitrogen and oxygen atoms in total. The lowest BCUT2D eigenvalue weighted by Gasteiger charge is -2.26. The minimum Gasteiger partial charge on any atom is -0.481 e. The van der Waals surface area contributed by atoms with Gasteiger partial charge in [-0.25, -0.2) is 9.78 Å². The molecule has 2 rings (SSSR count). The van der Waals surface area contributed by atoms with Crippen LogP contribution >= 0.6 is 11.3 Å². The van der Waals surface area contributed by atoms with Crippen LogP contribution in [0.25, 0.3) is 0 Å². The number of thiazole rings is 1. The minimum absolute atomic E-state index is 0.0918. The molecule has 8 heteroatoms. The Kier molecular flexibility index (Phi) is 4.48. The first-order chi connectivity index (χ1) is 9.83. The van der Waals surface area contributed by atoms with Crippen molar-refractivity contribution < 1.29 is 19.4 Å². The molecular formula is C13H19N3O4S. The smallest absolute Gasteiger partial charge is 0.315 e. The van der Waals surface area contributed by atoms with Crippen molar-refractivity contribution in [3.63, 3.8) is 0 Å². The van der Waals surface area contributed by atoms with Crippen molar-refractivity contribution in [3.05, 3.63) is 16.1 Å². The number of carboxylic acid groups (broad SMARTS) is 1. The van der Waals surface area contributed by atoms with E-state index in [-0.39, 0.29) is 19.3 Å². The van der Waals surface area contributed by atoms with Crippen molar-refractivity contribution >= 4 is 23.3 Å². The number of aromatic nitrogens is 1. The van der Waals surface area contributed by atoms with Gasteiger partial charge in [0.15, 0.2) is 0 Å². The number of aryl methyl sites for hydroxylation is 1. The van der Waals surface area contributed by atoms with Gasteiger partial charge >= 0.3 is 12.0 Å². The molecule has 2 amide bonds. The monoisotopic (exact) mass is 313 g/mol. The van der Waals surface area contributed by atoms with Crippen LogP contribution in [0.2, 0.25) is 0 Å². The van der Waals surface area contributed by atoms with Crippen LogP contribution in [0, 0.1) is 12.3 Å². The highest BCUT2D eigenvalue weighted by atomic mass is 32.1. The van der Waals surface area contributed by atoms with E-state index in [1.807, 2.05) is 13.8 Å². The van der Waals surface area contributed by atoms with Crippen molar-refractivity contribution in [2.75, 3.05) is 13.2 Å². The summed E-state index contributed by atoms with van der Waals surface area (Å²) in [5.74, 6) is -0.978. The number of carbonyl (C=O) groups excluding carboxylic acids is 1. The molecule has 0 spiro atoms. The number of urea groups is 1. The Morgan fingerprint density at radius 3 is 2.90 bits per heavy atom. The van der Waals surface area contributed by atoms with E-state index in [9.17, 15) is 14.7 Å².